The number of nitrogens with one attached hydrogen (secondary N) is 1. The van der Waals surface area contributed by atoms with Crippen molar-refractivity contribution in [2.24, 2.45) is 5.92 Å². The smallest absolute Gasteiger partial charge is 0.251 e. The van der Waals surface area contributed by atoms with Gasteiger partial charge in [-0.05, 0) is 30.5 Å². The van der Waals surface area contributed by atoms with Gasteiger partial charge in [0.15, 0.2) is 0 Å². The zero-order valence-corrected chi connectivity index (χ0v) is 12.1. The van der Waals surface area contributed by atoms with Crippen LogP contribution in [-0.4, -0.2) is 36.9 Å². The number of rotatable bonds is 5. The van der Waals surface area contributed by atoms with E-state index in [1.807, 2.05) is 12.1 Å². The Kier molecular flexibility index (Phi) is 3.83. The SMILES string of the molecule is N#Cc1cccc(C2(NC(=O)C3CN(CC(F)F)C3)CC2)c1. The molecule has 2 fully saturated rings. The van der Waals surface area contributed by atoms with Gasteiger partial charge in [0.25, 0.3) is 6.43 Å². The molecule has 1 aliphatic carbocycles. The van der Waals surface area contributed by atoms with Gasteiger partial charge in [-0.25, -0.2) is 8.78 Å². The summed E-state index contributed by atoms with van der Waals surface area (Å²) in [6, 6.07) is 9.36. The van der Waals surface area contributed by atoms with Gasteiger partial charge in [-0.3, -0.25) is 9.69 Å². The Morgan fingerprint density at radius 2 is 2.18 bits per heavy atom. The van der Waals surface area contributed by atoms with Gasteiger partial charge < -0.3 is 5.32 Å². The summed E-state index contributed by atoms with van der Waals surface area (Å²) in [5.74, 6) is -0.291. The fourth-order valence-electron chi connectivity index (χ4n) is 2.92. The molecule has 0 aromatic heterocycles. The highest BCUT2D eigenvalue weighted by atomic mass is 19.3. The molecule has 1 aromatic carbocycles. The Morgan fingerprint density at radius 3 is 2.77 bits per heavy atom. The molecule has 116 valence electrons. The van der Waals surface area contributed by atoms with E-state index in [9.17, 15) is 13.6 Å². The van der Waals surface area contributed by atoms with Crippen LogP contribution in [0.15, 0.2) is 24.3 Å². The lowest BCUT2D eigenvalue weighted by molar-refractivity contribution is -0.132. The number of amides is 1. The van der Waals surface area contributed by atoms with Crippen LogP contribution in [0, 0.1) is 17.2 Å². The number of carbonyl (C=O) groups excluding carboxylic acids is 1. The zero-order chi connectivity index (χ0) is 15.7. The Balaban J connectivity index is 1.59. The van der Waals surface area contributed by atoms with Crippen LogP contribution >= 0.6 is 0 Å². The molecular formula is C16H17F2N3O. The van der Waals surface area contributed by atoms with E-state index in [1.54, 1.807) is 17.0 Å². The highest BCUT2D eigenvalue weighted by Gasteiger charge is 2.47. The van der Waals surface area contributed by atoms with Crippen molar-refractivity contribution in [1.29, 1.82) is 5.26 Å². The lowest BCUT2D eigenvalue weighted by atomic mass is 9.96. The van der Waals surface area contributed by atoms with E-state index < -0.39 is 6.43 Å². The van der Waals surface area contributed by atoms with Crippen LogP contribution in [0.2, 0.25) is 0 Å². The van der Waals surface area contributed by atoms with Crippen LogP contribution in [0.5, 0.6) is 0 Å². The molecule has 1 N–H and O–H groups in total. The molecule has 0 unspecified atom stereocenters. The highest BCUT2D eigenvalue weighted by Crippen LogP contribution is 2.46. The van der Waals surface area contributed by atoms with Crippen LogP contribution in [-0.2, 0) is 10.3 Å². The van der Waals surface area contributed by atoms with Gasteiger partial charge in [-0.1, -0.05) is 12.1 Å². The molecule has 1 saturated carbocycles. The minimum Gasteiger partial charge on any atom is -0.346 e. The van der Waals surface area contributed by atoms with Gasteiger partial charge in [0.2, 0.25) is 5.91 Å². The Bertz CT molecular complexity index is 616. The molecule has 1 amide bonds. The maximum absolute atomic E-state index is 12.2. The molecule has 2 aliphatic rings. The van der Waals surface area contributed by atoms with Crippen molar-refractivity contribution in [1.82, 2.24) is 10.2 Å². The number of nitrogens with zero attached hydrogens (tertiary/aromatic N) is 2. The number of alkyl halides is 2. The number of hydrogen-bond acceptors (Lipinski definition) is 3. The summed E-state index contributed by atoms with van der Waals surface area (Å²) in [5, 5.41) is 12.0. The maximum atomic E-state index is 12.2. The van der Waals surface area contributed by atoms with Crippen LogP contribution in [0.1, 0.15) is 24.0 Å². The summed E-state index contributed by atoms with van der Waals surface area (Å²) in [4.78, 5) is 13.8. The predicted octanol–water partition coefficient (Wildman–Crippen LogP) is 1.86. The first-order valence-corrected chi connectivity index (χ1v) is 7.35. The first-order chi connectivity index (χ1) is 10.5. The van der Waals surface area contributed by atoms with Crippen molar-refractivity contribution in [3.05, 3.63) is 35.4 Å². The second-order valence-corrected chi connectivity index (χ2v) is 6.07. The van der Waals surface area contributed by atoms with Gasteiger partial charge in [0.1, 0.15) is 0 Å². The van der Waals surface area contributed by atoms with Crippen molar-refractivity contribution in [2.75, 3.05) is 19.6 Å². The first-order valence-electron chi connectivity index (χ1n) is 7.35. The van der Waals surface area contributed by atoms with E-state index >= 15 is 0 Å². The van der Waals surface area contributed by atoms with E-state index in [0.29, 0.717) is 18.7 Å². The number of halogens is 2. The number of carbonyl (C=O) groups is 1. The molecule has 22 heavy (non-hydrogen) atoms. The normalized spacial score (nSPS) is 20.3. The molecule has 1 aromatic rings. The molecule has 4 nitrogen and oxygen atoms in total. The van der Waals surface area contributed by atoms with Gasteiger partial charge in [-0.2, -0.15) is 5.26 Å². The molecule has 0 spiro atoms. The van der Waals surface area contributed by atoms with E-state index in [0.717, 1.165) is 18.4 Å². The molecule has 1 heterocycles. The minimum atomic E-state index is -2.35. The number of nitriles is 1. The summed E-state index contributed by atoms with van der Waals surface area (Å²) in [6.07, 6.45) is -0.658. The van der Waals surface area contributed by atoms with Crippen LogP contribution in [0.25, 0.3) is 0 Å². The van der Waals surface area contributed by atoms with Crippen molar-refractivity contribution in [3.63, 3.8) is 0 Å². The Morgan fingerprint density at radius 1 is 1.45 bits per heavy atom. The average Bonchev–Trinajstić information content (AvgIpc) is 3.23. The fraction of sp³-hybridized carbons (Fsp3) is 0.500. The molecule has 6 heteroatoms. The maximum Gasteiger partial charge on any atom is 0.251 e. The first kappa shape index (κ1) is 14.9. The Labute approximate surface area is 127 Å². The summed E-state index contributed by atoms with van der Waals surface area (Å²) >= 11 is 0. The molecule has 0 atom stereocenters. The number of benzene rings is 1. The third-order valence-corrected chi connectivity index (χ3v) is 4.38. The average molecular weight is 305 g/mol. The monoisotopic (exact) mass is 305 g/mol. The summed E-state index contributed by atoms with van der Waals surface area (Å²) < 4.78 is 24.5. The summed E-state index contributed by atoms with van der Waals surface area (Å²) in [7, 11) is 0. The third kappa shape index (κ3) is 2.95. The standard InChI is InChI=1S/C16H17F2N3O/c17-14(18)10-21-8-12(9-21)15(22)20-16(4-5-16)13-3-1-2-11(6-13)7-19/h1-3,6,12,14H,4-5,8-10H2,(H,20,22). The highest BCUT2D eigenvalue weighted by molar-refractivity contribution is 5.81. The largest absolute Gasteiger partial charge is 0.346 e. The predicted molar refractivity (Wildman–Crippen MR) is 76.1 cm³/mol. The Hall–Kier alpha value is -2.00. The number of likely N-dealkylation sites (tertiary alicyclic amines) is 1. The van der Waals surface area contributed by atoms with Crippen molar-refractivity contribution in [3.8, 4) is 6.07 Å². The lowest BCUT2D eigenvalue weighted by Crippen LogP contribution is -2.56. The van der Waals surface area contributed by atoms with Crippen molar-refractivity contribution < 1.29 is 13.6 Å². The van der Waals surface area contributed by atoms with Gasteiger partial charge in [-0.15, -0.1) is 0 Å². The van der Waals surface area contributed by atoms with E-state index in [4.69, 9.17) is 5.26 Å². The second-order valence-electron chi connectivity index (χ2n) is 6.07. The van der Waals surface area contributed by atoms with Gasteiger partial charge in [0.05, 0.1) is 29.6 Å². The molecule has 0 radical (unpaired) electrons. The van der Waals surface area contributed by atoms with Crippen molar-refractivity contribution in [2.45, 2.75) is 24.8 Å². The third-order valence-electron chi connectivity index (χ3n) is 4.38. The molecular weight excluding hydrogens is 288 g/mol. The van der Waals surface area contributed by atoms with E-state index in [1.165, 1.54) is 0 Å². The van der Waals surface area contributed by atoms with E-state index in [-0.39, 0.29) is 23.9 Å². The topological polar surface area (TPSA) is 56.1 Å². The molecule has 1 saturated heterocycles. The molecule has 0 bridgehead atoms. The molecule has 1 aliphatic heterocycles. The quantitative estimate of drug-likeness (QED) is 0.903. The van der Waals surface area contributed by atoms with Gasteiger partial charge >= 0.3 is 0 Å². The lowest BCUT2D eigenvalue weighted by Gasteiger charge is -2.38. The summed E-state index contributed by atoms with van der Waals surface area (Å²) in [6.45, 7) is 0.522. The number of hydrogen-bond donors (Lipinski definition) is 1. The fourth-order valence-corrected chi connectivity index (χ4v) is 2.92. The van der Waals surface area contributed by atoms with Gasteiger partial charge in [0, 0.05) is 13.1 Å². The van der Waals surface area contributed by atoms with Crippen molar-refractivity contribution >= 4 is 5.91 Å². The minimum absolute atomic E-state index is 0.0784. The molecule has 3 rings (SSSR count). The van der Waals surface area contributed by atoms with Crippen LogP contribution < -0.4 is 5.32 Å². The van der Waals surface area contributed by atoms with E-state index in [2.05, 4.69) is 11.4 Å². The van der Waals surface area contributed by atoms with Crippen LogP contribution in [0.4, 0.5) is 8.78 Å². The zero-order valence-electron chi connectivity index (χ0n) is 12.1. The summed E-state index contributed by atoms with van der Waals surface area (Å²) in [5.41, 5.74) is 1.15. The van der Waals surface area contributed by atoms with Crippen LogP contribution in [0.3, 0.4) is 0 Å². The second kappa shape index (κ2) is 5.65.